The fourth-order valence-electron chi connectivity index (χ4n) is 3.60. The van der Waals surface area contributed by atoms with E-state index in [1.165, 1.54) is 13.2 Å². The SMILES string of the molecule is CCOc1ccc2oc(C)c(C(=O)Oc3ccc(/C=C/C(=O)c4ccccc4)cc3OC)c2c1. The molecule has 4 rings (SSSR count). The van der Waals surface area contributed by atoms with E-state index < -0.39 is 5.97 Å². The Balaban J connectivity index is 1.57. The van der Waals surface area contributed by atoms with Gasteiger partial charge in [-0.2, -0.15) is 0 Å². The van der Waals surface area contributed by atoms with Crippen LogP contribution in [0.2, 0.25) is 0 Å². The molecule has 0 unspecified atom stereocenters. The molecule has 0 saturated heterocycles. The maximum absolute atomic E-state index is 13.1. The molecule has 0 saturated carbocycles. The second-order valence-electron chi connectivity index (χ2n) is 7.49. The van der Waals surface area contributed by atoms with E-state index in [1.807, 2.05) is 25.1 Å². The van der Waals surface area contributed by atoms with Crippen LogP contribution in [0.15, 0.2) is 77.2 Å². The van der Waals surface area contributed by atoms with Gasteiger partial charge in [-0.15, -0.1) is 0 Å². The van der Waals surface area contributed by atoms with Crippen LogP contribution in [0.1, 0.15) is 39.0 Å². The molecule has 0 bridgehead atoms. The third-order valence-corrected chi connectivity index (χ3v) is 5.23. The van der Waals surface area contributed by atoms with Crippen molar-refractivity contribution in [1.82, 2.24) is 0 Å². The smallest absolute Gasteiger partial charge is 0.347 e. The number of hydrogen-bond acceptors (Lipinski definition) is 6. The first-order valence-electron chi connectivity index (χ1n) is 10.8. The van der Waals surface area contributed by atoms with E-state index in [0.29, 0.717) is 46.0 Å². The summed E-state index contributed by atoms with van der Waals surface area (Å²) in [6.07, 6.45) is 3.18. The summed E-state index contributed by atoms with van der Waals surface area (Å²) in [6.45, 7) is 4.12. The quantitative estimate of drug-likeness (QED) is 0.135. The summed E-state index contributed by atoms with van der Waals surface area (Å²) in [6, 6.07) is 19.4. The highest BCUT2D eigenvalue weighted by molar-refractivity contribution is 6.07. The molecule has 1 heterocycles. The second kappa shape index (κ2) is 10.1. The number of hydrogen-bond donors (Lipinski definition) is 0. The van der Waals surface area contributed by atoms with Gasteiger partial charge in [0.1, 0.15) is 22.7 Å². The number of allylic oxidation sites excluding steroid dienone is 1. The first kappa shape index (κ1) is 22.9. The maximum Gasteiger partial charge on any atom is 0.347 e. The van der Waals surface area contributed by atoms with E-state index in [-0.39, 0.29) is 11.5 Å². The molecule has 172 valence electrons. The van der Waals surface area contributed by atoms with Crippen LogP contribution in [0.4, 0.5) is 0 Å². The molecule has 3 aromatic carbocycles. The molecule has 0 aliphatic heterocycles. The first-order chi connectivity index (χ1) is 16.5. The van der Waals surface area contributed by atoms with Crippen molar-refractivity contribution in [3.05, 3.63) is 95.3 Å². The van der Waals surface area contributed by atoms with Gasteiger partial charge in [0.05, 0.1) is 13.7 Å². The molecule has 6 heteroatoms. The minimum atomic E-state index is -0.564. The average molecular weight is 456 g/mol. The Morgan fingerprint density at radius 1 is 0.971 bits per heavy atom. The predicted molar refractivity (Wildman–Crippen MR) is 130 cm³/mol. The molecule has 6 nitrogen and oxygen atoms in total. The minimum absolute atomic E-state index is 0.108. The zero-order valence-electron chi connectivity index (χ0n) is 19.2. The average Bonchev–Trinajstić information content (AvgIpc) is 3.19. The number of carbonyl (C=O) groups excluding carboxylic acids is 2. The molecule has 0 fully saturated rings. The summed E-state index contributed by atoms with van der Waals surface area (Å²) in [5, 5.41) is 0.617. The van der Waals surface area contributed by atoms with E-state index in [9.17, 15) is 9.59 Å². The summed E-state index contributed by atoms with van der Waals surface area (Å²) in [4.78, 5) is 25.4. The van der Waals surface area contributed by atoms with Gasteiger partial charge in [0.15, 0.2) is 17.3 Å². The highest BCUT2D eigenvalue weighted by Crippen LogP contribution is 2.33. The van der Waals surface area contributed by atoms with E-state index in [0.717, 1.165) is 5.56 Å². The molecule has 34 heavy (non-hydrogen) atoms. The molecule has 4 aromatic rings. The Hall–Kier alpha value is -4.32. The number of fused-ring (bicyclic) bond motifs is 1. The number of aryl methyl sites for hydroxylation is 1. The molecule has 0 aliphatic carbocycles. The lowest BCUT2D eigenvalue weighted by Crippen LogP contribution is -2.10. The van der Waals surface area contributed by atoms with Crippen LogP contribution < -0.4 is 14.2 Å². The number of furan rings is 1. The lowest BCUT2D eigenvalue weighted by Gasteiger charge is -2.10. The number of methoxy groups -OCH3 is 1. The number of ketones is 1. The van der Waals surface area contributed by atoms with E-state index >= 15 is 0 Å². The van der Waals surface area contributed by atoms with Crippen molar-refractivity contribution in [3.63, 3.8) is 0 Å². The van der Waals surface area contributed by atoms with Gasteiger partial charge in [0.2, 0.25) is 0 Å². The van der Waals surface area contributed by atoms with E-state index in [4.69, 9.17) is 18.6 Å². The normalized spacial score (nSPS) is 11.0. The van der Waals surface area contributed by atoms with Gasteiger partial charge in [-0.3, -0.25) is 4.79 Å². The van der Waals surface area contributed by atoms with Gasteiger partial charge in [-0.05, 0) is 55.8 Å². The Kier molecular flexibility index (Phi) is 6.78. The summed E-state index contributed by atoms with van der Waals surface area (Å²) >= 11 is 0. The first-order valence-corrected chi connectivity index (χ1v) is 10.8. The third-order valence-electron chi connectivity index (χ3n) is 5.23. The van der Waals surface area contributed by atoms with Crippen molar-refractivity contribution in [2.24, 2.45) is 0 Å². The van der Waals surface area contributed by atoms with Gasteiger partial charge < -0.3 is 18.6 Å². The lowest BCUT2D eigenvalue weighted by molar-refractivity contribution is 0.0729. The second-order valence-corrected chi connectivity index (χ2v) is 7.49. The fraction of sp³-hybridized carbons (Fsp3) is 0.143. The minimum Gasteiger partial charge on any atom is -0.494 e. The molecule has 0 N–H and O–H groups in total. The van der Waals surface area contributed by atoms with Crippen LogP contribution in [0.3, 0.4) is 0 Å². The Labute approximate surface area is 197 Å². The Morgan fingerprint density at radius 3 is 2.50 bits per heavy atom. The zero-order chi connectivity index (χ0) is 24.1. The molecular weight excluding hydrogens is 432 g/mol. The summed E-state index contributed by atoms with van der Waals surface area (Å²) < 4.78 is 22.4. The maximum atomic E-state index is 13.1. The van der Waals surface area contributed by atoms with E-state index in [1.54, 1.807) is 61.5 Å². The van der Waals surface area contributed by atoms with Gasteiger partial charge >= 0.3 is 5.97 Å². The van der Waals surface area contributed by atoms with Crippen molar-refractivity contribution in [3.8, 4) is 17.2 Å². The molecule has 0 spiro atoms. The molecular formula is C28H24O6. The van der Waals surface area contributed by atoms with Gasteiger partial charge in [0, 0.05) is 10.9 Å². The number of rotatable bonds is 8. The number of esters is 1. The molecule has 0 radical (unpaired) electrons. The van der Waals surface area contributed by atoms with Crippen molar-refractivity contribution >= 4 is 28.8 Å². The largest absolute Gasteiger partial charge is 0.494 e. The van der Waals surface area contributed by atoms with E-state index in [2.05, 4.69) is 0 Å². The summed E-state index contributed by atoms with van der Waals surface area (Å²) in [5.74, 6) is 1.04. The summed E-state index contributed by atoms with van der Waals surface area (Å²) in [5.41, 5.74) is 2.23. The number of benzene rings is 3. The van der Waals surface area contributed by atoms with Crippen LogP contribution in [-0.2, 0) is 0 Å². The van der Waals surface area contributed by atoms with Crippen LogP contribution in [0.5, 0.6) is 17.2 Å². The highest BCUT2D eigenvalue weighted by Gasteiger charge is 2.22. The van der Waals surface area contributed by atoms with Crippen molar-refractivity contribution < 1.29 is 28.2 Å². The van der Waals surface area contributed by atoms with Crippen LogP contribution >= 0.6 is 0 Å². The monoisotopic (exact) mass is 456 g/mol. The molecule has 0 atom stereocenters. The van der Waals surface area contributed by atoms with Crippen LogP contribution in [0, 0.1) is 6.92 Å². The summed E-state index contributed by atoms with van der Waals surface area (Å²) in [7, 11) is 1.49. The zero-order valence-corrected chi connectivity index (χ0v) is 19.2. The lowest BCUT2D eigenvalue weighted by atomic mass is 10.1. The van der Waals surface area contributed by atoms with Crippen molar-refractivity contribution in [1.29, 1.82) is 0 Å². The van der Waals surface area contributed by atoms with Gasteiger partial charge in [-0.25, -0.2) is 4.79 Å². The Morgan fingerprint density at radius 2 is 1.76 bits per heavy atom. The van der Waals surface area contributed by atoms with Crippen LogP contribution in [-0.4, -0.2) is 25.5 Å². The van der Waals surface area contributed by atoms with Gasteiger partial charge in [0.25, 0.3) is 0 Å². The number of carbonyl (C=O) groups is 2. The van der Waals surface area contributed by atoms with Crippen molar-refractivity contribution in [2.45, 2.75) is 13.8 Å². The Bertz CT molecular complexity index is 1360. The third kappa shape index (κ3) is 4.86. The van der Waals surface area contributed by atoms with Gasteiger partial charge in [-0.1, -0.05) is 42.5 Å². The molecule has 0 amide bonds. The molecule has 0 aliphatic rings. The van der Waals surface area contributed by atoms with Crippen molar-refractivity contribution in [2.75, 3.05) is 13.7 Å². The topological polar surface area (TPSA) is 75.0 Å². The fourth-order valence-corrected chi connectivity index (χ4v) is 3.60. The number of ether oxygens (including phenoxy) is 3. The van der Waals surface area contributed by atoms with Crippen LogP contribution in [0.25, 0.3) is 17.0 Å². The highest BCUT2D eigenvalue weighted by atomic mass is 16.6. The predicted octanol–water partition coefficient (Wildman–Crippen LogP) is 6.26. The standard InChI is InChI=1S/C28H24O6/c1-4-32-21-12-15-24-22(17-21)27(18(2)33-24)28(30)34-25-14-11-19(16-26(25)31-3)10-13-23(29)20-8-6-5-7-9-20/h5-17H,4H2,1-3H3/b13-10+. The molecule has 1 aromatic heterocycles.